The van der Waals surface area contributed by atoms with Crippen molar-refractivity contribution in [3.8, 4) is 11.5 Å². The van der Waals surface area contributed by atoms with Gasteiger partial charge in [0.05, 0.1) is 5.56 Å². The molecule has 1 atom stereocenters. The van der Waals surface area contributed by atoms with Crippen molar-refractivity contribution in [2.45, 2.75) is 12.5 Å². The SMILES string of the molecule is C=CC.Nc1ccc2c(c1)Oc1cc(NC(=O)c3c(F)c(F)c(F)c(F)c3F)ccc1C21OC(=O)c2ccccc21. The maximum absolute atomic E-state index is 14.1. The second kappa shape index (κ2) is 10.1. The Morgan fingerprint density at radius 3 is 2.07 bits per heavy atom. The Morgan fingerprint density at radius 1 is 0.854 bits per heavy atom. The van der Waals surface area contributed by atoms with E-state index in [-0.39, 0.29) is 17.2 Å². The van der Waals surface area contributed by atoms with E-state index in [1.807, 2.05) is 6.92 Å². The number of benzene rings is 4. The van der Waals surface area contributed by atoms with Crippen LogP contribution in [0.1, 0.15) is 44.3 Å². The van der Waals surface area contributed by atoms with Crippen LogP contribution in [0.3, 0.4) is 0 Å². The van der Waals surface area contributed by atoms with Gasteiger partial charge in [0, 0.05) is 40.2 Å². The molecular formula is C30H19F5N2O4. The fourth-order valence-electron chi connectivity index (χ4n) is 4.77. The minimum Gasteiger partial charge on any atom is -0.456 e. The third kappa shape index (κ3) is 4.17. The van der Waals surface area contributed by atoms with Gasteiger partial charge in [0.15, 0.2) is 28.9 Å². The summed E-state index contributed by atoms with van der Waals surface area (Å²) < 4.78 is 80.8. The molecule has 3 N–H and O–H groups in total. The number of rotatable bonds is 2. The van der Waals surface area contributed by atoms with Crippen LogP contribution in [0.5, 0.6) is 11.5 Å². The summed E-state index contributed by atoms with van der Waals surface area (Å²) in [5.41, 5.74) is 4.79. The number of hydrogen-bond acceptors (Lipinski definition) is 5. The molecule has 1 unspecified atom stereocenters. The Labute approximate surface area is 229 Å². The average Bonchev–Trinajstić information content (AvgIpc) is 3.23. The Bertz CT molecular complexity index is 1750. The number of hydrogen-bond donors (Lipinski definition) is 2. The smallest absolute Gasteiger partial charge is 0.340 e. The number of allylic oxidation sites excluding steroid dienone is 1. The van der Waals surface area contributed by atoms with E-state index in [2.05, 4.69) is 11.9 Å². The molecule has 1 amide bonds. The van der Waals surface area contributed by atoms with Crippen molar-refractivity contribution in [3.63, 3.8) is 0 Å². The predicted molar refractivity (Wildman–Crippen MR) is 139 cm³/mol. The number of nitrogens with one attached hydrogen (secondary N) is 1. The molecule has 0 saturated carbocycles. The summed E-state index contributed by atoms with van der Waals surface area (Å²) in [5.74, 6) is -13.3. The van der Waals surface area contributed by atoms with Gasteiger partial charge in [-0.05, 0) is 37.3 Å². The zero-order chi connectivity index (χ0) is 29.6. The fourth-order valence-corrected chi connectivity index (χ4v) is 4.77. The molecule has 208 valence electrons. The zero-order valence-electron chi connectivity index (χ0n) is 21.2. The maximum Gasteiger partial charge on any atom is 0.340 e. The number of nitrogen functional groups attached to an aromatic ring is 1. The Morgan fingerprint density at radius 2 is 1.41 bits per heavy atom. The van der Waals surface area contributed by atoms with Crippen LogP contribution in [0.4, 0.5) is 33.3 Å². The highest BCUT2D eigenvalue weighted by Crippen LogP contribution is 2.56. The first-order valence-electron chi connectivity index (χ1n) is 12.0. The molecule has 0 aromatic heterocycles. The van der Waals surface area contributed by atoms with Crippen LogP contribution in [-0.2, 0) is 10.3 Å². The molecule has 0 aliphatic carbocycles. The van der Waals surface area contributed by atoms with Crippen LogP contribution in [0, 0.1) is 29.1 Å². The van der Waals surface area contributed by atoms with E-state index in [1.165, 1.54) is 24.3 Å². The Kier molecular flexibility index (Phi) is 6.74. The van der Waals surface area contributed by atoms with E-state index in [4.69, 9.17) is 15.2 Å². The minimum absolute atomic E-state index is 0.0859. The van der Waals surface area contributed by atoms with Crippen LogP contribution in [-0.4, -0.2) is 11.9 Å². The molecule has 0 saturated heterocycles. The molecule has 2 aliphatic rings. The van der Waals surface area contributed by atoms with E-state index in [9.17, 15) is 31.5 Å². The van der Waals surface area contributed by atoms with Crippen molar-refractivity contribution >= 4 is 23.3 Å². The van der Waals surface area contributed by atoms with Gasteiger partial charge in [-0.2, -0.15) is 0 Å². The largest absolute Gasteiger partial charge is 0.456 e. The van der Waals surface area contributed by atoms with Crippen molar-refractivity contribution < 1.29 is 41.0 Å². The first-order valence-corrected chi connectivity index (χ1v) is 12.0. The number of halogens is 5. The number of nitrogens with two attached hydrogens (primary N) is 1. The number of carbonyl (C=O) groups is 2. The molecular weight excluding hydrogens is 547 g/mol. The van der Waals surface area contributed by atoms with E-state index >= 15 is 0 Å². The molecule has 0 bridgehead atoms. The topological polar surface area (TPSA) is 90.7 Å². The molecule has 2 aliphatic heterocycles. The Hall–Kier alpha value is -5.19. The van der Waals surface area contributed by atoms with Gasteiger partial charge in [0.1, 0.15) is 17.1 Å². The van der Waals surface area contributed by atoms with Crippen LogP contribution < -0.4 is 15.8 Å². The molecule has 2 heterocycles. The van der Waals surface area contributed by atoms with Crippen LogP contribution in [0.2, 0.25) is 0 Å². The summed E-state index contributed by atoms with van der Waals surface area (Å²) in [6, 6.07) is 15.5. The highest BCUT2D eigenvalue weighted by Gasteiger charge is 2.53. The summed E-state index contributed by atoms with van der Waals surface area (Å²) in [4.78, 5) is 25.4. The predicted octanol–water partition coefficient (Wildman–Crippen LogP) is 6.98. The lowest BCUT2D eigenvalue weighted by atomic mass is 9.77. The van der Waals surface area contributed by atoms with E-state index in [1.54, 1.807) is 42.5 Å². The molecule has 4 aromatic carbocycles. The van der Waals surface area contributed by atoms with Crippen LogP contribution in [0.25, 0.3) is 0 Å². The number of esters is 1. The third-order valence-electron chi connectivity index (χ3n) is 6.43. The summed E-state index contributed by atoms with van der Waals surface area (Å²) in [6.45, 7) is 5.25. The zero-order valence-corrected chi connectivity index (χ0v) is 21.2. The van der Waals surface area contributed by atoms with Crippen molar-refractivity contribution in [2.75, 3.05) is 11.1 Å². The van der Waals surface area contributed by atoms with Gasteiger partial charge < -0.3 is 20.5 Å². The monoisotopic (exact) mass is 566 g/mol. The highest BCUT2D eigenvalue weighted by atomic mass is 19.2. The van der Waals surface area contributed by atoms with E-state index in [0.717, 1.165) is 0 Å². The van der Waals surface area contributed by atoms with Crippen molar-refractivity contribution in [3.05, 3.63) is 130 Å². The van der Waals surface area contributed by atoms with E-state index < -0.39 is 52.1 Å². The van der Waals surface area contributed by atoms with Crippen LogP contribution >= 0.6 is 0 Å². The molecule has 6 nitrogen and oxygen atoms in total. The van der Waals surface area contributed by atoms with Gasteiger partial charge in [0.25, 0.3) is 5.91 Å². The molecule has 6 rings (SSSR count). The maximum atomic E-state index is 14.1. The van der Waals surface area contributed by atoms with Crippen molar-refractivity contribution in [1.82, 2.24) is 0 Å². The third-order valence-corrected chi connectivity index (χ3v) is 6.43. The molecule has 11 heteroatoms. The standard InChI is InChI=1S/C27H13F5N2O4.C3H6/c28-20-19(21(29)23(31)24(32)22(20)30)25(35)34-12-6-8-16-18(10-12)37-17-9-11(33)5-7-15(17)27(16)14-4-2-1-3-13(14)26(36)38-27;1-3-2/h1-10H,33H2,(H,34,35);3H,1H2,2H3. The molecule has 4 aromatic rings. The number of carbonyl (C=O) groups excluding carboxylic acids is 2. The van der Waals surface area contributed by atoms with Gasteiger partial charge in [-0.25, -0.2) is 26.7 Å². The number of amides is 1. The van der Waals surface area contributed by atoms with E-state index in [0.29, 0.717) is 27.9 Å². The van der Waals surface area contributed by atoms with Gasteiger partial charge in [0.2, 0.25) is 5.82 Å². The summed E-state index contributed by atoms with van der Waals surface area (Å²) >= 11 is 0. The quantitative estimate of drug-likeness (QED) is 0.0683. The number of fused-ring (bicyclic) bond motifs is 6. The average molecular weight is 566 g/mol. The fraction of sp³-hybridized carbons (Fsp3) is 0.0667. The molecule has 1 spiro atoms. The van der Waals surface area contributed by atoms with Crippen molar-refractivity contribution in [1.29, 1.82) is 0 Å². The van der Waals surface area contributed by atoms with Gasteiger partial charge >= 0.3 is 5.97 Å². The highest BCUT2D eigenvalue weighted by molar-refractivity contribution is 6.05. The summed E-state index contributed by atoms with van der Waals surface area (Å²) in [7, 11) is 0. The number of anilines is 2. The second-order valence-corrected chi connectivity index (χ2v) is 8.99. The summed E-state index contributed by atoms with van der Waals surface area (Å²) in [5, 5.41) is 2.12. The lowest BCUT2D eigenvalue weighted by molar-refractivity contribution is 0.0224. The van der Waals surface area contributed by atoms with Gasteiger partial charge in [-0.1, -0.05) is 24.3 Å². The lowest BCUT2D eigenvalue weighted by Gasteiger charge is -2.36. The van der Waals surface area contributed by atoms with Crippen molar-refractivity contribution in [2.24, 2.45) is 0 Å². The second-order valence-electron chi connectivity index (χ2n) is 8.99. The number of ether oxygens (including phenoxy) is 2. The molecule has 0 radical (unpaired) electrons. The summed E-state index contributed by atoms with van der Waals surface area (Å²) in [6.07, 6.45) is 1.75. The lowest BCUT2D eigenvalue weighted by Crippen LogP contribution is -2.33. The normalized spacial score (nSPS) is 15.9. The first kappa shape index (κ1) is 27.4. The molecule has 41 heavy (non-hydrogen) atoms. The minimum atomic E-state index is -2.38. The Balaban J connectivity index is 0.00000108. The van der Waals surface area contributed by atoms with Gasteiger partial charge in [-0.15, -0.1) is 6.58 Å². The molecule has 0 fully saturated rings. The van der Waals surface area contributed by atoms with Gasteiger partial charge in [-0.3, -0.25) is 4.79 Å². The van der Waals surface area contributed by atoms with Crippen LogP contribution in [0.15, 0.2) is 73.3 Å². The first-order chi connectivity index (χ1) is 19.5.